The first-order valence-corrected chi connectivity index (χ1v) is 7.10. The molecule has 0 amide bonds. The van der Waals surface area contributed by atoms with Gasteiger partial charge in [-0.2, -0.15) is 0 Å². The van der Waals surface area contributed by atoms with Gasteiger partial charge in [0.15, 0.2) is 0 Å². The highest BCUT2D eigenvalue weighted by Gasteiger charge is 2.07. The van der Waals surface area contributed by atoms with Crippen LogP contribution < -0.4 is 10.9 Å². The smallest absolute Gasteiger partial charge is 0.258 e. The maximum Gasteiger partial charge on any atom is 0.258 e. The van der Waals surface area contributed by atoms with E-state index < -0.39 is 0 Å². The summed E-state index contributed by atoms with van der Waals surface area (Å²) in [7, 11) is 0. The number of H-pyrrole nitrogens is 1. The van der Waals surface area contributed by atoms with Crippen molar-refractivity contribution in [1.82, 2.24) is 9.97 Å². The SMILES string of the molecule is O=c1[nH]c(CNc2c(F)cccc2Br)nc2ccccc12. The maximum absolute atomic E-state index is 13.7. The molecule has 2 N–H and O–H groups in total. The van der Waals surface area contributed by atoms with Gasteiger partial charge in [-0.15, -0.1) is 0 Å². The van der Waals surface area contributed by atoms with Gasteiger partial charge in [0.25, 0.3) is 5.56 Å². The summed E-state index contributed by atoms with van der Waals surface area (Å²) in [5.41, 5.74) is 0.754. The van der Waals surface area contributed by atoms with E-state index >= 15 is 0 Å². The minimum Gasteiger partial charge on any atom is -0.375 e. The van der Waals surface area contributed by atoms with Crippen molar-refractivity contribution < 1.29 is 4.39 Å². The molecule has 0 radical (unpaired) electrons. The van der Waals surface area contributed by atoms with Gasteiger partial charge in [0.05, 0.1) is 23.1 Å². The lowest BCUT2D eigenvalue weighted by Gasteiger charge is -2.09. The van der Waals surface area contributed by atoms with Gasteiger partial charge in [0, 0.05) is 4.47 Å². The van der Waals surface area contributed by atoms with Crippen LogP contribution in [0.1, 0.15) is 5.82 Å². The molecular formula is C15H11BrFN3O. The molecule has 0 bridgehead atoms. The first-order valence-electron chi connectivity index (χ1n) is 6.31. The second-order valence-corrected chi connectivity index (χ2v) is 5.33. The molecule has 4 nitrogen and oxygen atoms in total. The fourth-order valence-corrected chi connectivity index (χ4v) is 2.54. The zero-order chi connectivity index (χ0) is 14.8. The van der Waals surface area contributed by atoms with Crippen molar-refractivity contribution in [3.63, 3.8) is 0 Å². The van der Waals surface area contributed by atoms with Crippen LogP contribution in [0.15, 0.2) is 51.7 Å². The zero-order valence-corrected chi connectivity index (χ0v) is 12.4. The Kier molecular flexibility index (Phi) is 3.70. The molecule has 0 saturated heterocycles. The Bertz CT molecular complexity index is 843. The van der Waals surface area contributed by atoms with E-state index in [0.29, 0.717) is 26.9 Å². The Morgan fingerprint density at radius 2 is 2.00 bits per heavy atom. The van der Waals surface area contributed by atoms with E-state index in [-0.39, 0.29) is 17.9 Å². The van der Waals surface area contributed by atoms with Crippen molar-refractivity contribution in [1.29, 1.82) is 0 Å². The molecule has 0 aliphatic heterocycles. The molecule has 1 aromatic heterocycles. The van der Waals surface area contributed by atoms with Gasteiger partial charge in [-0.25, -0.2) is 9.37 Å². The molecule has 0 atom stereocenters. The zero-order valence-electron chi connectivity index (χ0n) is 10.9. The molecule has 0 aliphatic carbocycles. The van der Waals surface area contributed by atoms with E-state index in [2.05, 4.69) is 31.2 Å². The summed E-state index contributed by atoms with van der Waals surface area (Å²) >= 11 is 3.28. The largest absolute Gasteiger partial charge is 0.375 e. The van der Waals surface area contributed by atoms with Crippen LogP contribution in [0, 0.1) is 5.82 Å². The molecule has 3 aromatic rings. The van der Waals surface area contributed by atoms with Crippen LogP contribution in [0.3, 0.4) is 0 Å². The van der Waals surface area contributed by atoms with Gasteiger partial charge in [-0.3, -0.25) is 4.79 Å². The number of aromatic amines is 1. The van der Waals surface area contributed by atoms with Gasteiger partial charge in [0.1, 0.15) is 11.6 Å². The molecule has 0 saturated carbocycles. The van der Waals surface area contributed by atoms with Gasteiger partial charge in [-0.05, 0) is 40.2 Å². The van der Waals surface area contributed by atoms with Crippen molar-refractivity contribution in [2.45, 2.75) is 6.54 Å². The number of rotatable bonds is 3. The van der Waals surface area contributed by atoms with Gasteiger partial charge < -0.3 is 10.3 Å². The molecule has 106 valence electrons. The molecule has 0 unspecified atom stereocenters. The number of hydrogen-bond acceptors (Lipinski definition) is 3. The Hall–Kier alpha value is -2.21. The number of nitrogens with zero attached hydrogens (tertiary/aromatic N) is 1. The Balaban J connectivity index is 1.91. The fourth-order valence-electron chi connectivity index (χ4n) is 2.06. The minimum atomic E-state index is -0.368. The Morgan fingerprint density at radius 1 is 1.19 bits per heavy atom. The monoisotopic (exact) mass is 347 g/mol. The van der Waals surface area contributed by atoms with Gasteiger partial charge >= 0.3 is 0 Å². The third-order valence-electron chi connectivity index (χ3n) is 3.06. The summed E-state index contributed by atoms with van der Waals surface area (Å²) in [6, 6.07) is 11.8. The molecule has 6 heteroatoms. The summed E-state index contributed by atoms with van der Waals surface area (Å²) in [6.07, 6.45) is 0. The summed E-state index contributed by atoms with van der Waals surface area (Å²) in [6.45, 7) is 0.222. The highest BCUT2D eigenvalue weighted by Crippen LogP contribution is 2.25. The van der Waals surface area contributed by atoms with Crippen molar-refractivity contribution in [3.05, 3.63) is 68.9 Å². The highest BCUT2D eigenvalue weighted by atomic mass is 79.9. The van der Waals surface area contributed by atoms with Crippen LogP contribution in [0.4, 0.5) is 10.1 Å². The number of aromatic nitrogens is 2. The molecule has 2 aromatic carbocycles. The number of fused-ring (bicyclic) bond motifs is 1. The van der Waals surface area contributed by atoms with E-state index in [4.69, 9.17) is 0 Å². The number of benzene rings is 2. The minimum absolute atomic E-state index is 0.204. The lowest BCUT2D eigenvalue weighted by molar-refractivity contribution is 0.629. The van der Waals surface area contributed by atoms with Crippen LogP contribution in [0.25, 0.3) is 10.9 Å². The third kappa shape index (κ3) is 2.80. The van der Waals surface area contributed by atoms with Crippen molar-refractivity contribution in [2.24, 2.45) is 0 Å². The number of hydrogen-bond donors (Lipinski definition) is 2. The van der Waals surface area contributed by atoms with Crippen LogP contribution in [-0.2, 0) is 6.54 Å². The average Bonchev–Trinajstić information content (AvgIpc) is 2.47. The van der Waals surface area contributed by atoms with Gasteiger partial charge in [0.2, 0.25) is 0 Å². The van der Waals surface area contributed by atoms with E-state index in [1.807, 2.05) is 6.07 Å². The normalized spacial score (nSPS) is 10.8. The lowest BCUT2D eigenvalue weighted by atomic mass is 10.2. The van der Waals surface area contributed by atoms with Crippen molar-refractivity contribution in [2.75, 3.05) is 5.32 Å². The molecule has 0 spiro atoms. The fraction of sp³-hybridized carbons (Fsp3) is 0.0667. The van der Waals surface area contributed by atoms with Crippen LogP contribution in [-0.4, -0.2) is 9.97 Å². The predicted molar refractivity (Wildman–Crippen MR) is 83.8 cm³/mol. The van der Waals surface area contributed by atoms with E-state index in [1.165, 1.54) is 6.07 Å². The topological polar surface area (TPSA) is 57.8 Å². The average molecular weight is 348 g/mol. The van der Waals surface area contributed by atoms with Gasteiger partial charge in [-0.1, -0.05) is 18.2 Å². The number of para-hydroxylation sites is 2. The van der Waals surface area contributed by atoms with E-state index in [9.17, 15) is 9.18 Å². The van der Waals surface area contributed by atoms with Crippen LogP contribution in [0.2, 0.25) is 0 Å². The summed E-state index contributed by atoms with van der Waals surface area (Å²) in [5.74, 6) is 0.0846. The molecular weight excluding hydrogens is 337 g/mol. The molecule has 0 aliphatic rings. The van der Waals surface area contributed by atoms with E-state index in [1.54, 1.807) is 30.3 Å². The Labute approximate surface area is 128 Å². The number of halogens is 2. The maximum atomic E-state index is 13.7. The van der Waals surface area contributed by atoms with E-state index in [0.717, 1.165) is 0 Å². The highest BCUT2D eigenvalue weighted by molar-refractivity contribution is 9.10. The summed E-state index contributed by atoms with van der Waals surface area (Å²) in [4.78, 5) is 19.0. The molecule has 3 rings (SSSR count). The first kappa shape index (κ1) is 13.8. The second kappa shape index (κ2) is 5.65. The first-order chi connectivity index (χ1) is 10.1. The van der Waals surface area contributed by atoms with Crippen LogP contribution >= 0.6 is 15.9 Å². The Morgan fingerprint density at radius 3 is 2.81 bits per heavy atom. The standard InChI is InChI=1S/C15H11BrFN3O/c16-10-5-3-6-11(17)14(10)18-8-13-19-12-7-2-1-4-9(12)15(21)20-13/h1-7,18H,8H2,(H,19,20,21). The predicted octanol–water partition coefficient (Wildman–Crippen LogP) is 3.44. The molecule has 1 heterocycles. The molecule has 21 heavy (non-hydrogen) atoms. The molecule has 0 fully saturated rings. The summed E-state index contributed by atoms with van der Waals surface area (Å²) < 4.78 is 14.3. The number of nitrogens with one attached hydrogen (secondary N) is 2. The quantitative estimate of drug-likeness (QED) is 0.762. The van der Waals surface area contributed by atoms with Crippen molar-refractivity contribution in [3.8, 4) is 0 Å². The second-order valence-electron chi connectivity index (χ2n) is 4.48. The van der Waals surface area contributed by atoms with Crippen molar-refractivity contribution >= 4 is 32.5 Å². The lowest BCUT2D eigenvalue weighted by Crippen LogP contribution is -2.14. The van der Waals surface area contributed by atoms with Crippen LogP contribution in [0.5, 0.6) is 0 Å². The third-order valence-corrected chi connectivity index (χ3v) is 3.72. The summed E-state index contributed by atoms with van der Waals surface area (Å²) in [5, 5.41) is 3.47. The number of anilines is 1.